The highest BCUT2D eigenvalue weighted by molar-refractivity contribution is 6.14. The summed E-state index contributed by atoms with van der Waals surface area (Å²) in [6.45, 7) is 2.45. The van der Waals surface area contributed by atoms with Crippen molar-refractivity contribution in [3.8, 4) is 11.5 Å². The second-order valence-electron chi connectivity index (χ2n) is 7.83. The average Bonchev–Trinajstić information content (AvgIpc) is 3.55. The number of piperidine rings is 1. The van der Waals surface area contributed by atoms with E-state index in [0.717, 1.165) is 46.2 Å². The van der Waals surface area contributed by atoms with E-state index in [1.807, 2.05) is 60.7 Å². The maximum Gasteiger partial charge on any atom is 0.187 e. The first-order valence-electron chi connectivity index (χ1n) is 10.1. The van der Waals surface area contributed by atoms with E-state index >= 15 is 0 Å². The third kappa shape index (κ3) is 4.96. The van der Waals surface area contributed by atoms with Gasteiger partial charge in [0.1, 0.15) is 11.5 Å². The number of methoxy groups -OCH3 is 2. The van der Waals surface area contributed by atoms with E-state index in [9.17, 15) is 4.79 Å². The van der Waals surface area contributed by atoms with Crippen LogP contribution in [0.1, 0.15) is 24.0 Å². The van der Waals surface area contributed by atoms with E-state index in [1.165, 1.54) is 12.8 Å². The number of ketones is 1. The van der Waals surface area contributed by atoms with Gasteiger partial charge in [-0.25, -0.2) is 0 Å². The van der Waals surface area contributed by atoms with Gasteiger partial charge < -0.3 is 9.47 Å². The number of carbonyl (C=O) groups excluding carboxylic acids is 1. The molecule has 2 aromatic rings. The molecule has 1 heterocycles. The standard InChI is InChI=1S/C25H27NO3/c1-28-23-7-3-5-19(13-23)11-21-16-26(15-18-9-10-18)17-22(25(21)27)12-20-6-4-8-24(14-20)29-2/h3-8,11-14,18H,9-10,15-17H2,1-2H3/b21-11+,22-12+. The lowest BCUT2D eigenvalue weighted by Crippen LogP contribution is -2.38. The quantitative estimate of drug-likeness (QED) is 0.684. The Balaban J connectivity index is 1.65. The average molecular weight is 389 g/mol. The Morgan fingerprint density at radius 3 is 1.86 bits per heavy atom. The molecule has 0 N–H and O–H groups in total. The first-order chi connectivity index (χ1) is 14.1. The van der Waals surface area contributed by atoms with Gasteiger partial charge in [0.25, 0.3) is 0 Å². The molecule has 4 rings (SSSR count). The molecule has 0 amide bonds. The summed E-state index contributed by atoms with van der Waals surface area (Å²) < 4.78 is 10.7. The minimum Gasteiger partial charge on any atom is -0.497 e. The number of carbonyl (C=O) groups is 1. The first kappa shape index (κ1) is 19.5. The number of benzene rings is 2. The van der Waals surface area contributed by atoms with Crippen molar-refractivity contribution in [2.75, 3.05) is 33.9 Å². The van der Waals surface area contributed by atoms with Crippen LogP contribution in [0.5, 0.6) is 11.5 Å². The second-order valence-corrected chi connectivity index (χ2v) is 7.83. The minimum atomic E-state index is 0.127. The molecule has 0 atom stereocenters. The van der Waals surface area contributed by atoms with Crippen LogP contribution in [0.3, 0.4) is 0 Å². The topological polar surface area (TPSA) is 38.8 Å². The summed E-state index contributed by atoms with van der Waals surface area (Å²) in [6.07, 6.45) is 6.61. The molecule has 1 saturated carbocycles. The van der Waals surface area contributed by atoms with E-state index in [2.05, 4.69) is 4.90 Å². The predicted molar refractivity (Wildman–Crippen MR) is 116 cm³/mol. The van der Waals surface area contributed by atoms with Crippen molar-refractivity contribution in [3.63, 3.8) is 0 Å². The summed E-state index contributed by atoms with van der Waals surface area (Å²) >= 11 is 0. The van der Waals surface area contributed by atoms with Gasteiger partial charge in [0, 0.05) is 30.8 Å². The minimum absolute atomic E-state index is 0.127. The zero-order chi connectivity index (χ0) is 20.2. The highest BCUT2D eigenvalue weighted by Gasteiger charge is 2.30. The Kier molecular flexibility index (Phi) is 5.81. The molecule has 4 heteroatoms. The van der Waals surface area contributed by atoms with Gasteiger partial charge in [-0.15, -0.1) is 0 Å². The summed E-state index contributed by atoms with van der Waals surface area (Å²) in [6, 6.07) is 15.7. The van der Waals surface area contributed by atoms with E-state index in [1.54, 1.807) is 14.2 Å². The number of Topliss-reactive ketones (excluding diaryl/α,β-unsaturated/α-hetero) is 1. The van der Waals surface area contributed by atoms with Crippen molar-refractivity contribution in [1.29, 1.82) is 0 Å². The fraction of sp³-hybridized carbons (Fsp3) is 0.320. The Bertz CT molecular complexity index is 887. The fourth-order valence-corrected chi connectivity index (χ4v) is 3.77. The molecule has 2 aliphatic rings. The van der Waals surface area contributed by atoms with E-state index in [0.29, 0.717) is 13.1 Å². The Labute approximate surface area is 172 Å². The molecule has 29 heavy (non-hydrogen) atoms. The van der Waals surface area contributed by atoms with Crippen LogP contribution in [0.4, 0.5) is 0 Å². The molecule has 1 saturated heterocycles. The predicted octanol–water partition coefficient (Wildman–Crippen LogP) is 4.47. The van der Waals surface area contributed by atoms with Crippen molar-refractivity contribution in [1.82, 2.24) is 4.90 Å². The Morgan fingerprint density at radius 2 is 1.41 bits per heavy atom. The highest BCUT2D eigenvalue weighted by Crippen LogP contribution is 2.32. The van der Waals surface area contributed by atoms with Gasteiger partial charge in [-0.3, -0.25) is 9.69 Å². The summed E-state index contributed by atoms with van der Waals surface area (Å²) in [4.78, 5) is 15.7. The summed E-state index contributed by atoms with van der Waals surface area (Å²) in [5.74, 6) is 2.50. The number of ether oxygens (including phenoxy) is 2. The SMILES string of the molecule is COc1cccc(/C=C2\CN(CC3CC3)C/C(=C\c3cccc(OC)c3)C2=O)c1. The molecular weight excluding hydrogens is 362 g/mol. The van der Waals surface area contributed by atoms with Gasteiger partial charge in [-0.05, 0) is 66.3 Å². The maximum atomic E-state index is 13.3. The van der Waals surface area contributed by atoms with Crippen molar-refractivity contribution in [3.05, 3.63) is 70.8 Å². The molecule has 0 spiro atoms. The molecule has 1 aliphatic heterocycles. The number of nitrogens with zero attached hydrogens (tertiary/aromatic N) is 1. The number of likely N-dealkylation sites (tertiary alicyclic amines) is 1. The van der Waals surface area contributed by atoms with Gasteiger partial charge >= 0.3 is 0 Å². The molecule has 2 aromatic carbocycles. The molecule has 4 nitrogen and oxygen atoms in total. The van der Waals surface area contributed by atoms with Crippen molar-refractivity contribution < 1.29 is 14.3 Å². The Hall–Kier alpha value is -2.85. The maximum absolute atomic E-state index is 13.3. The smallest absolute Gasteiger partial charge is 0.187 e. The van der Waals surface area contributed by atoms with Gasteiger partial charge in [0.2, 0.25) is 0 Å². The lowest BCUT2D eigenvalue weighted by atomic mass is 9.94. The van der Waals surface area contributed by atoms with Gasteiger partial charge in [-0.1, -0.05) is 24.3 Å². The molecule has 150 valence electrons. The molecule has 0 aromatic heterocycles. The van der Waals surface area contributed by atoms with Crippen LogP contribution in [-0.2, 0) is 4.79 Å². The highest BCUT2D eigenvalue weighted by atomic mass is 16.5. The third-order valence-electron chi connectivity index (χ3n) is 5.45. The van der Waals surface area contributed by atoms with Crippen LogP contribution < -0.4 is 9.47 Å². The van der Waals surface area contributed by atoms with Crippen LogP contribution in [0.15, 0.2) is 59.7 Å². The summed E-state index contributed by atoms with van der Waals surface area (Å²) in [7, 11) is 3.31. The third-order valence-corrected chi connectivity index (χ3v) is 5.45. The van der Waals surface area contributed by atoms with Crippen LogP contribution in [0.2, 0.25) is 0 Å². The van der Waals surface area contributed by atoms with Crippen LogP contribution in [-0.4, -0.2) is 44.5 Å². The Morgan fingerprint density at radius 1 is 0.897 bits per heavy atom. The molecule has 0 bridgehead atoms. The zero-order valence-electron chi connectivity index (χ0n) is 17.1. The van der Waals surface area contributed by atoms with Crippen LogP contribution >= 0.6 is 0 Å². The molecular formula is C25H27NO3. The lowest BCUT2D eigenvalue weighted by molar-refractivity contribution is -0.113. The van der Waals surface area contributed by atoms with Gasteiger partial charge in [0.05, 0.1) is 14.2 Å². The molecule has 2 fully saturated rings. The van der Waals surface area contributed by atoms with E-state index in [4.69, 9.17) is 9.47 Å². The van der Waals surface area contributed by atoms with E-state index < -0.39 is 0 Å². The summed E-state index contributed by atoms with van der Waals surface area (Å²) in [5, 5.41) is 0. The number of rotatable bonds is 6. The monoisotopic (exact) mass is 389 g/mol. The van der Waals surface area contributed by atoms with E-state index in [-0.39, 0.29) is 5.78 Å². The number of hydrogen-bond donors (Lipinski definition) is 0. The van der Waals surface area contributed by atoms with Crippen LogP contribution in [0.25, 0.3) is 12.2 Å². The largest absolute Gasteiger partial charge is 0.497 e. The zero-order valence-corrected chi connectivity index (χ0v) is 17.1. The van der Waals surface area contributed by atoms with Crippen molar-refractivity contribution >= 4 is 17.9 Å². The van der Waals surface area contributed by atoms with Gasteiger partial charge in [0.15, 0.2) is 5.78 Å². The number of hydrogen-bond acceptors (Lipinski definition) is 4. The summed E-state index contributed by atoms with van der Waals surface area (Å²) in [5.41, 5.74) is 3.64. The normalized spacial score (nSPS) is 20.3. The van der Waals surface area contributed by atoms with Crippen molar-refractivity contribution in [2.24, 2.45) is 5.92 Å². The van der Waals surface area contributed by atoms with Gasteiger partial charge in [-0.2, -0.15) is 0 Å². The second kappa shape index (κ2) is 8.66. The first-order valence-corrected chi connectivity index (χ1v) is 10.1. The molecule has 0 unspecified atom stereocenters. The molecule has 0 radical (unpaired) electrons. The van der Waals surface area contributed by atoms with Crippen molar-refractivity contribution in [2.45, 2.75) is 12.8 Å². The lowest BCUT2D eigenvalue weighted by Gasteiger charge is -2.30. The van der Waals surface area contributed by atoms with Crippen LogP contribution in [0, 0.1) is 5.92 Å². The molecule has 1 aliphatic carbocycles. The fourth-order valence-electron chi connectivity index (χ4n) is 3.77.